The van der Waals surface area contributed by atoms with Crippen LogP contribution in [-0.2, 0) is 17.7 Å². The first-order valence-electron chi connectivity index (χ1n) is 9.70. The van der Waals surface area contributed by atoms with E-state index in [1.807, 2.05) is 0 Å². The summed E-state index contributed by atoms with van der Waals surface area (Å²) in [5.41, 5.74) is 0.858. The Balaban J connectivity index is 1.71. The van der Waals surface area contributed by atoms with Gasteiger partial charge < -0.3 is 14.5 Å². The first-order chi connectivity index (χ1) is 14.4. The van der Waals surface area contributed by atoms with Gasteiger partial charge in [0.2, 0.25) is 0 Å². The molecule has 1 aliphatic rings. The highest BCUT2D eigenvalue weighted by molar-refractivity contribution is 7.17. The maximum atomic E-state index is 12.9. The van der Waals surface area contributed by atoms with Gasteiger partial charge in [-0.1, -0.05) is 18.2 Å². The molecule has 1 aliphatic heterocycles. The number of para-hydroxylation sites is 1. The number of fused-ring (bicyclic) bond motifs is 2. The number of carbonyl (C=O) groups is 2. The standard InChI is InChI=1S/C22H22N2O5S/c1-12(2)24-9-8-14-17(11-24)30-20(18(14)22(27)28-3)23-19(25)15-10-13-6-4-5-7-16(13)29-21(15)26/h4-7,10,12H,8-9,11H2,1-3H3,(H,23,25). The van der Waals surface area contributed by atoms with Crippen molar-refractivity contribution in [3.63, 3.8) is 0 Å². The van der Waals surface area contributed by atoms with Crippen LogP contribution in [0.4, 0.5) is 5.00 Å². The molecule has 0 radical (unpaired) electrons. The Kier molecular flexibility index (Phi) is 5.44. The Morgan fingerprint density at radius 1 is 1.27 bits per heavy atom. The van der Waals surface area contributed by atoms with Crippen LogP contribution in [0, 0.1) is 0 Å². The molecule has 0 aliphatic carbocycles. The van der Waals surface area contributed by atoms with Gasteiger partial charge in [0.1, 0.15) is 16.1 Å². The summed E-state index contributed by atoms with van der Waals surface area (Å²) < 4.78 is 10.2. The molecule has 0 fully saturated rings. The number of amides is 1. The molecule has 2 aromatic heterocycles. The molecule has 0 unspecified atom stereocenters. The normalized spacial score (nSPS) is 14.0. The quantitative estimate of drug-likeness (QED) is 0.506. The van der Waals surface area contributed by atoms with Crippen molar-refractivity contribution >= 4 is 39.2 Å². The maximum absolute atomic E-state index is 12.9. The third-order valence-corrected chi connectivity index (χ3v) is 6.45. The smallest absolute Gasteiger partial charge is 0.349 e. The molecule has 3 aromatic rings. The molecule has 3 heterocycles. The van der Waals surface area contributed by atoms with E-state index in [0.717, 1.165) is 17.0 Å². The van der Waals surface area contributed by atoms with Gasteiger partial charge in [0.05, 0.1) is 12.7 Å². The zero-order valence-corrected chi connectivity index (χ0v) is 17.8. The Morgan fingerprint density at radius 3 is 2.77 bits per heavy atom. The number of nitrogens with zero attached hydrogens (tertiary/aromatic N) is 1. The average molecular weight is 426 g/mol. The minimum atomic E-state index is -0.724. The summed E-state index contributed by atoms with van der Waals surface area (Å²) in [5.74, 6) is -1.11. The van der Waals surface area contributed by atoms with Crippen LogP contribution < -0.4 is 10.9 Å². The maximum Gasteiger partial charge on any atom is 0.349 e. The number of esters is 1. The number of benzene rings is 1. The molecule has 7 nitrogen and oxygen atoms in total. The van der Waals surface area contributed by atoms with E-state index in [9.17, 15) is 14.4 Å². The van der Waals surface area contributed by atoms with Gasteiger partial charge in [0, 0.05) is 29.4 Å². The molecule has 0 bridgehead atoms. The lowest BCUT2D eigenvalue weighted by molar-refractivity contribution is 0.0600. The van der Waals surface area contributed by atoms with Gasteiger partial charge in [-0.05, 0) is 38.0 Å². The van der Waals surface area contributed by atoms with E-state index in [4.69, 9.17) is 9.15 Å². The van der Waals surface area contributed by atoms with Crippen molar-refractivity contribution in [2.24, 2.45) is 0 Å². The van der Waals surface area contributed by atoms with E-state index < -0.39 is 17.5 Å². The van der Waals surface area contributed by atoms with Gasteiger partial charge in [-0.15, -0.1) is 11.3 Å². The van der Waals surface area contributed by atoms with E-state index in [1.54, 1.807) is 24.3 Å². The molecule has 0 spiro atoms. The Morgan fingerprint density at radius 2 is 2.03 bits per heavy atom. The van der Waals surface area contributed by atoms with E-state index in [2.05, 4.69) is 24.1 Å². The molecule has 8 heteroatoms. The molecule has 1 amide bonds. The van der Waals surface area contributed by atoms with Gasteiger partial charge in [0.25, 0.3) is 5.91 Å². The predicted octanol–water partition coefficient (Wildman–Crippen LogP) is 3.66. The van der Waals surface area contributed by atoms with Crippen LogP contribution in [0.25, 0.3) is 11.0 Å². The van der Waals surface area contributed by atoms with Crippen LogP contribution >= 0.6 is 11.3 Å². The minimum Gasteiger partial charge on any atom is -0.465 e. The molecule has 156 valence electrons. The van der Waals surface area contributed by atoms with Crippen molar-refractivity contribution in [1.82, 2.24) is 4.90 Å². The minimum absolute atomic E-state index is 0.111. The molecule has 0 saturated heterocycles. The topological polar surface area (TPSA) is 88.8 Å². The van der Waals surface area contributed by atoms with Crippen LogP contribution in [0.2, 0.25) is 0 Å². The molecule has 1 aromatic carbocycles. The second-order valence-electron chi connectivity index (χ2n) is 7.45. The van der Waals surface area contributed by atoms with Crippen LogP contribution in [0.3, 0.4) is 0 Å². The van der Waals surface area contributed by atoms with Crippen LogP contribution in [0.1, 0.15) is 45.0 Å². The van der Waals surface area contributed by atoms with Crippen molar-refractivity contribution in [3.8, 4) is 0 Å². The summed E-state index contributed by atoms with van der Waals surface area (Å²) in [7, 11) is 1.32. The molecular formula is C22H22N2O5S. The summed E-state index contributed by atoms with van der Waals surface area (Å²) in [5, 5.41) is 3.79. The Bertz CT molecular complexity index is 1190. The molecular weight excluding hydrogens is 404 g/mol. The molecule has 0 atom stereocenters. The largest absolute Gasteiger partial charge is 0.465 e. The van der Waals surface area contributed by atoms with Crippen LogP contribution in [0.15, 0.2) is 39.5 Å². The van der Waals surface area contributed by atoms with Gasteiger partial charge in [-0.25, -0.2) is 9.59 Å². The van der Waals surface area contributed by atoms with Crippen molar-refractivity contribution in [1.29, 1.82) is 0 Å². The van der Waals surface area contributed by atoms with E-state index in [0.29, 0.717) is 40.5 Å². The number of ether oxygens (including phenoxy) is 1. The number of methoxy groups -OCH3 is 1. The number of hydrogen-bond acceptors (Lipinski definition) is 7. The number of nitrogens with one attached hydrogen (secondary N) is 1. The molecule has 30 heavy (non-hydrogen) atoms. The zero-order chi connectivity index (χ0) is 21.4. The summed E-state index contributed by atoms with van der Waals surface area (Å²) in [6, 6.07) is 8.86. The number of thiophene rings is 1. The first-order valence-corrected chi connectivity index (χ1v) is 10.5. The highest BCUT2D eigenvalue weighted by atomic mass is 32.1. The number of carbonyl (C=O) groups excluding carboxylic acids is 2. The van der Waals surface area contributed by atoms with E-state index in [1.165, 1.54) is 24.5 Å². The lowest BCUT2D eigenvalue weighted by Gasteiger charge is -2.30. The third-order valence-electron chi connectivity index (χ3n) is 5.32. The summed E-state index contributed by atoms with van der Waals surface area (Å²) in [4.78, 5) is 41.0. The predicted molar refractivity (Wildman–Crippen MR) is 115 cm³/mol. The number of rotatable bonds is 4. The third kappa shape index (κ3) is 3.64. The Hall–Kier alpha value is -2.97. The lowest BCUT2D eigenvalue weighted by atomic mass is 10.0. The summed E-state index contributed by atoms with van der Waals surface area (Å²) in [6.45, 7) is 5.78. The average Bonchev–Trinajstić information content (AvgIpc) is 3.09. The number of hydrogen-bond donors (Lipinski definition) is 1. The van der Waals surface area contributed by atoms with Gasteiger partial charge in [0.15, 0.2) is 0 Å². The van der Waals surface area contributed by atoms with Crippen molar-refractivity contribution in [3.05, 3.63) is 62.3 Å². The number of anilines is 1. The van der Waals surface area contributed by atoms with E-state index in [-0.39, 0.29) is 5.56 Å². The SMILES string of the molecule is COC(=O)c1c(NC(=O)c2cc3ccccc3oc2=O)sc2c1CCN(C(C)C)C2. The Labute approximate surface area is 177 Å². The second-order valence-corrected chi connectivity index (χ2v) is 8.56. The molecule has 4 rings (SSSR count). The second kappa shape index (κ2) is 8.04. The van der Waals surface area contributed by atoms with Gasteiger partial charge in [-0.2, -0.15) is 0 Å². The highest BCUT2D eigenvalue weighted by Gasteiger charge is 2.30. The van der Waals surface area contributed by atoms with Crippen molar-refractivity contribution in [2.45, 2.75) is 32.9 Å². The van der Waals surface area contributed by atoms with Crippen LogP contribution in [0.5, 0.6) is 0 Å². The highest BCUT2D eigenvalue weighted by Crippen LogP contribution is 2.38. The monoisotopic (exact) mass is 426 g/mol. The van der Waals surface area contributed by atoms with E-state index >= 15 is 0 Å². The van der Waals surface area contributed by atoms with Crippen LogP contribution in [-0.4, -0.2) is 36.5 Å². The molecule has 0 saturated carbocycles. The van der Waals surface area contributed by atoms with Crippen molar-refractivity contribution in [2.75, 3.05) is 19.0 Å². The zero-order valence-electron chi connectivity index (χ0n) is 17.0. The summed E-state index contributed by atoms with van der Waals surface area (Å²) in [6.07, 6.45) is 0.697. The first kappa shape index (κ1) is 20.3. The fraction of sp³-hybridized carbons (Fsp3) is 0.318. The molecule has 1 N–H and O–H groups in total. The van der Waals surface area contributed by atoms with Gasteiger partial charge in [-0.3, -0.25) is 9.69 Å². The van der Waals surface area contributed by atoms with Crippen molar-refractivity contribution < 1.29 is 18.7 Å². The fourth-order valence-corrected chi connectivity index (χ4v) is 4.92. The van der Waals surface area contributed by atoms with Gasteiger partial charge >= 0.3 is 11.6 Å². The fourth-order valence-electron chi connectivity index (χ4n) is 3.66. The summed E-state index contributed by atoms with van der Waals surface area (Å²) >= 11 is 1.35. The lowest BCUT2D eigenvalue weighted by Crippen LogP contribution is -2.35.